The normalized spacial score (nSPS) is 28.9. The Balaban J connectivity index is 2.29. The molecule has 0 saturated carbocycles. The summed E-state index contributed by atoms with van der Waals surface area (Å²) in [4.78, 5) is 0. The quantitative estimate of drug-likeness (QED) is 0.517. The molecule has 1 fully saturated rings. The summed E-state index contributed by atoms with van der Waals surface area (Å²) in [5, 5.41) is 18.7. The van der Waals surface area contributed by atoms with E-state index in [1.807, 2.05) is 0 Å². The third kappa shape index (κ3) is 3.26. The Kier molecular flexibility index (Phi) is 3.94. The van der Waals surface area contributed by atoms with Gasteiger partial charge >= 0.3 is 6.92 Å². The number of hydrogen-bond acceptors (Lipinski definition) is 2. The summed E-state index contributed by atoms with van der Waals surface area (Å²) in [6.45, 7) is -0.465. The van der Waals surface area contributed by atoms with Crippen LogP contribution in [0, 0.1) is 0 Å². The van der Waals surface area contributed by atoms with Crippen LogP contribution < -0.4 is 0 Å². The molecule has 1 heterocycles. The lowest BCUT2D eigenvalue weighted by Crippen LogP contribution is -2.30. The van der Waals surface area contributed by atoms with E-state index in [-0.39, 0.29) is 0 Å². The first-order valence-electron chi connectivity index (χ1n) is 4.67. The van der Waals surface area contributed by atoms with Gasteiger partial charge in [-0.25, -0.2) is 0 Å². The molecule has 64 valence electrons. The molecule has 0 aromatic heterocycles. The predicted molar refractivity (Wildman–Crippen MR) is 46.5 cm³/mol. The van der Waals surface area contributed by atoms with Crippen LogP contribution in [0.4, 0.5) is 0 Å². The highest BCUT2D eigenvalue weighted by Crippen LogP contribution is 2.15. The average molecular weight is 156 g/mol. The number of aliphatic hydroxyl groups is 1. The van der Waals surface area contributed by atoms with Gasteiger partial charge in [0.25, 0.3) is 0 Å². The van der Waals surface area contributed by atoms with Crippen LogP contribution in [0.1, 0.15) is 38.5 Å². The van der Waals surface area contributed by atoms with Crippen molar-refractivity contribution in [3.63, 3.8) is 0 Å². The van der Waals surface area contributed by atoms with Crippen LogP contribution in [-0.2, 0) is 0 Å². The van der Waals surface area contributed by atoms with E-state index in [2.05, 4.69) is 0 Å². The Hall–Kier alpha value is -0.0151. The first-order valence-corrected chi connectivity index (χ1v) is 4.67. The first-order chi connectivity index (χ1) is 5.30. The van der Waals surface area contributed by atoms with Crippen molar-refractivity contribution in [1.29, 1.82) is 0 Å². The maximum atomic E-state index is 9.36. The average Bonchev–Trinajstić information content (AvgIpc) is 2.07. The maximum absolute atomic E-state index is 9.36. The summed E-state index contributed by atoms with van der Waals surface area (Å²) < 4.78 is 0. The molecular weight excluding hydrogens is 139 g/mol. The SMILES string of the molecule is OB1CCCCCCCC1O. The number of rotatable bonds is 0. The van der Waals surface area contributed by atoms with Gasteiger partial charge in [-0.3, -0.25) is 0 Å². The minimum atomic E-state index is -0.465. The van der Waals surface area contributed by atoms with Gasteiger partial charge in [-0.2, -0.15) is 0 Å². The smallest absolute Gasteiger partial charge is 0.318 e. The third-order valence-corrected chi connectivity index (χ3v) is 2.44. The molecule has 0 aliphatic carbocycles. The van der Waals surface area contributed by atoms with E-state index in [4.69, 9.17) is 0 Å². The second kappa shape index (κ2) is 4.78. The zero-order valence-electron chi connectivity index (χ0n) is 7.00. The Morgan fingerprint density at radius 3 is 2.45 bits per heavy atom. The van der Waals surface area contributed by atoms with Crippen LogP contribution in [0.25, 0.3) is 0 Å². The number of aliphatic hydroxyl groups excluding tert-OH is 1. The van der Waals surface area contributed by atoms with Gasteiger partial charge in [0.15, 0.2) is 0 Å². The van der Waals surface area contributed by atoms with Gasteiger partial charge in [0.05, 0.1) is 6.00 Å². The monoisotopic (exact) mass is 156 g/mol. The van der Waals surface area contributed by atoms with Crippen LogP contribution in [0.5, 0.6) is 0 Å². The molecule has 1 aliphatic rings. The van der Waals surface area contributed by atoms with E-state index in [0.29, 0.717) is 0 Å². The molecule has 0 aromatic carbocycles. The van der Waals surface area contributed by atoms with E-state index in [0.717, 1.165) is 25.6 Å². The van der Waals surface area contributed by atoms with Crippen molar-refractivity contribution in [3.8, 4) is 0 Å². The van der Waals surface area contributed by atoms with E-state index >= 15 is 0 Å². The van der Waals surface area contributed by atoms with Crippen LogP contribution in [0.15, 0.2) is 0 Å². The Morgan fingerprint density at radius 1 is 1.00 bits per heavy atom. The summed E-state index contributed by atoms with van der Waals surface area (Å²) in [7, 11) is 0. The summed E-state index contributed by atoms with van der Waals surface area (Å²) in [6, 6.07) is -0.465. The Labute approximate surface area is 68.7 Å². The van der Waals surface area contributed by atoms with Crippen LogP contribution in [-0.4, -0.2) is 23.0 Å². The van der Waals surface area contributed by atoms with Crippen molar-refractivity contribution in [1.82, 2.24) is 0 Å². The third-order valence-electron chi connectivity index (χ3n) is 2.44. The molecular formula is C8H17BO2. The molecule has 3 heteroatoms. The summed E-state index contributed by atoms with van der Waals surface area (Å²) in [5.41, 5.74) is 0. The number of hydrogen-bond donors (Lipinski definition) is 2. The lowest BCUT2D eigenvalue weighted by Gasteiger charge is -2.11. The molecule has 1 rings (SSSR count). The molecule has 1 unspecified atom stereocenters. The van der Waals surface area contributed by atoms with Gasteiger partial charge in [0.1, 0.15) is 0 Å². The molecule has 0 bridgehead atoms. The van der Waals surface area contributed by atoms with Gasteiger partial charge in [-0.05, 0) is 12.7 Å². The molecule has 0 aromatic rings. The molecule has 1 aliphatic heterocycles. The highest BCUT2D eigenvalue weighted by Gasteiger charge is 2.21. The topological polar surface area (TPSA) is 40.5 Å². The van der Waals surface area contributed by atoms with E-state index < -0.39 is 12.9 Å². The standard InChI is InChI=1S/C8H17BO2/c10-8-6-4-2-1-3-5-7-9(8)11/h8,10-11H,1-7H2. The van der Waals surface area contributed by atoms with Crippen molar-refractivity contribution in [3.05, 3.63) is 0 Å². The van der Waals surface area contributed by atoms with Gasteiger partial charge in [0.2, 0.25) is 0 Å². The first kappa shape index (κ1) is 9.08. The van der Waals surface area contributed by atoms with Crippen molar-refractivity contribution in [2.75, 3.05) is 0 Å². The molecule has 0 radical (unpaired) electrons. The fourth-order valence-corrected chi connectivity index (χ4v) is 1.62. The van der Waals surface area contributed by atoms with E-state index in [9.17, 15) is 10.1 Å². The van der Waals surface area contributed by atoms with Crippen molar-refractivity contribution in [2.24, 2.45) is 0 Å². The molecule has 2 nitrogen and oxygen atoms in total. The molecule has 1 saturated heterocycles. The Bertz CT molecular complexity index is 96.3. The molecule has 11 heavy (non-hydrogen) atoms. The summed E-state index contributed by atoms with van der Waals surface area (Å²) in [6.07, 6.45) is 7.38. The lowest BCUT2D eigenvalue weighted by atomic mass is 9.58. The molecule has 0 spiro atoms. The van der Waals surface area contributed by atoms with Crippen LogP contribution >= 0.6 is 0 Å². The molecule has 2 N–H and O–H groups in total. The van der Waals surface area contributed by atoms with Crippen molar-refractivity contribution < 1.29 is 10.1 Å². The van der Waals surface area contributed by atoms with Crippen LogP contribution in [0.2, 0.25) is 6.32 Å². The van der Waals surface area contributed by atoms with Crippen molar-refractivity contribution >= 4 is 6.92 Å². The second-order valence-electron chi connectivity index (χ2n) is 3.48. The minimum Gasteiger partial charge on any atom is -0.448 e. The maximum Gasteiger partial charge on any atom is 0.318 e. The van der Waals surface area contributed by atoms with Gasteiger partial charge < -0.3 is 10.1 Å². The molecule has 0 amide bonds. The zero-order valence-corrected chi connectivity index (χ0v) is 7.00. The van der Waals surface area contributed by atoms with Gasteiger partial charge in [-0.1, -0.05) is 32.1 Å². The van der Waals surface area contributed by atoms with E-state index in [1.54, 1.807) is 0 Å². The summed E-state index contributed by atoms with van der Waals surface area (Å²) in [5.74, 6) is 0. The van der Waals surface area contributed by atoms with E-state index in [1.165, 1.54) is 19.3 Å². The zero-order chi connectivity index (χ0) is 8.10. The lowest BCUT2D eigenvalue weighted by molar-refractivity contribution is 0.215. The predicted octanol–water partition coefficient (Wildman–Crippen LogP) is 1.22. The molecule has 1 atom stereocenters. The fourth-order valence-electron chi connectivity index (χ4n) is 1.62. The van der Waals surface area contributed by atoms with Crippen LogP contribution in [0.3, 0.4) is 0 Å². The van der Waals surface area contributed by atoms with Gasteiger partial charge in [0, 0.05) is 0 Å². The summed E-state index contributed by atoms with van der Waals surface area (Å²) >= 11 is 0. The second-order valence-corrected chi connectivity index (χ2v) is 3.48. The highest BCUT2D eigenvalue weighted by atomic mass is 16.3. The fraction of sp³-hybridized carbons (Fsp3) is 1.00. The highest BCUT2D eigenvalue weighted by molar-refractivity contribution is 6.51. The van der Waals surface area contributed by atoms with Crippen molar-refractivity contribution in [2.45, 2.75) is 50.8 Å². The minimum absolute atomic E-state index is 0.465. The van der Waals surface area contributed by atoms with Gasteiger partial charge in [-0.15, -0.1) is 0 Å². The largest absolute Gasteiger partial charge is 0.448 e. The Morgan fingerprint density at radius 2 is 1.64 bits per heavy atom.